The summed E-state index contributed by atoms with van der Waals surface area (Å²) < 4.78 is 6.32. The lowest BCUT2D eigenvalue weighted by Crippen LogP contribution is -2.23. The molecule has 1 N–H and O–H groups in total. The van der Waals surface area contributed by atoms with E-state index < -0.39 is 0 Å². The Labute approximate surface area is 140 Å². The fourth-order valence-corrected chi connectivity index (χ4v) is 3.70. The normalized spacial score (nSPS) is 12.4. The molecule has 0 aliphatic rings. The molecule has 1 aromatic heterocycles. The summed E-state index contributed by atoms with van der Waals surface area (Å²) in [6, 6.07) is 7.86. The standard InChI is InChI=1S/C16H19Cl2NOS/c1-4-7-19-15(14-8-10(2)16(18)21-14)12-9-11(17)5-6-13(12)20-3/h5-6,8-9,15,19H,4,7H2,1-3H3. The Balaban J connectivity index is 2.47. The van der Waals surface area contributed by atoms with Crippen molar-refractivity contribution in [1.29, 1.82) is 0 Å². The van der Waals surface area contributed by atoms with Crippen LogP contribution in [-0.4, -0.2) is 13.7 Å². The van der Waals surface area contributed by atoms with Crippen molar-refractivity contribution in [3.8, 4) is 5.75 Å². The van der Waals surface area contributed by atoms with Crippen molar-refractivity contribution in [2.75, 3.05) is 13.7 Å². The van der Waals surface area contributed by atoms with Gasteiger partial charge >= 0.3 is 0 Å². The fourth-order valence-electron chi connectivity index (χ4n) is 2.21. The maximum atomic E-state index is 6.23. The van der Waals surface area contributed by atoms with E-state index in [1.54, 1.807) is 18.4 Å². The van der Waals surface area contributed by atoms with E-state index in [0.717, 1.165) is 34.2 Å². The van der Waals surface area contributed by atoms with Crippen LogP contribution in [0.25, 0.3) is 0 Å². The van der Waals surface area contributed by atoms with Gasteiger partial charge in [-0.3, -0.25) is 0 Å². The van der Waals surface area contributed by atoms with E-state index in [0.29, 0.717) is 5.02 Å². The van der Waals surface area contributed by atoms with Gasteiger partial charge in [-0.05, 0) is 49.7 Å². The van der Waals surface area contributed by atoms with Crippen LogP contribution in [0.2, 0.25) is 9.36 Å². The SMILES string of the molecule is CCCNC(c1cc(C)c(Cl)s1)c1cc(Cl)ccc1OC. The first kappa shape index (κ1) is 16.6. The van der Waals surface area contributed by atoms with Gasteiger partial charge in [0, 0.05) is 15.5 Å². The number of hydrogen-bond donors (Lipinski definition) is 1. The molecule has 0 aliphatic carbocycles. The summed E-state index contributed by atoms with van der Waals surface area (Å²) in [6.45, 7) is 5.08. The molecule has 2 nitrogen and oxygen atoms in total. The van der Waals surface area contributed by atoms with Gasteiger partial charge in [0.25, 0.3) is 0 Å². The van der Waals surface area contributed by atoms with E-state index in [1.165, 1.54) is 4.88 Å². The second kappa shape index (κ2) is 7.50. The van der Waals surface area contributed by atoms with Crippen molar-refractivity contribution in [3.05, 3.63) is 49.6 Å². The second-order valence-corrected chi connectivity index (χ2v) is 7.00. The van der Waals surface area contributed by atoms with Gasteiger partial charge in [-0.25, -0.2) is 0 Å². The van der Waals surface area contributed by atoms with E-state index in [1.807, 2.05) is 25.1 Å². The van der Waals surface area contributed by atoms with Crippen LogP contribution in [-0.2, 0) is 0 Å². The van der Waals surface area contributed by atoms with Crippen LogP contribution in [0.3, 0.4) is 0 Å². The molecule has 0 saturated carbocycles. The first-order chi connectivity index (χ1) is 10.1. The summed E-state index contributed by atoms with van der Waals surface area (Å²) in [5, 5.41) is 4.26. The summed E-state index contributed by atoms with van der Waals surface area (Å²) >= 11 is 14.0. The number of nitrogens with one attached hydrogen (secondary N) is 1. The molecule has 2 rings (SSSR count). The molecule has 2 aromatic rings. The summed E-state index contributed by atoms with van der Waals surface area (Å²) in [5.74, 6) is 0.829. The lowest BCUT2D eigenvalue weighted by atomic mass is 10.0. The zero-order chi connectivity index (χ0) is 15.4. The molecular weight excluding hydrogens is 325 g/mol. The van der Waals surface area contributed by atoms with Crippen LogP contribution in [0.5, 0.6) is 5.75 Å². The van der Waals surface area contributed by atoms with Crippen molar-refractivity contribution in [3.63, 3.8) is 0 Å². The molecule has 0 aliphatic heterocycles. The monoisotopic (exact) mass is 343 g/mol. The molecule has 114 valence electrons. The van der Waals surface area contributed by atoms with E-state index in [-0.39, 0.29) is 6.04 Å². The molecule has 0 fully saturated rings. The molecule has 0 spiro atoms. The number of methoxy groups -OCH3 is 1. The summed E-state index contributed by atoms with van der Waals surface area (Å²) in [6.07, 6.45) is 1.05. The van der Waals surface area contributed by atoms with E-state index >= 15 is 0 Å². The van der Waals surface area contributed by atoms with Gasteiger partial charge in [0.1, 0.15) is 5.75 Å². The smallest absolute Gasteiger partial charge is 0.124 e. The van der Waals surface area contributed by atoms with E-state index in [9.17, 15) is 0 Å². The van der Waals surface area contributed by atoms with Gasteiger partial charge in [0.05, 0.1) is 17.5 Å². The average Bonchev–Trinajstić information content (AvgIpc) is 2.79. The Kier molecular flexibility index (Phi) is 5.94. The number of aryl methyl sites for hydroxylation is 1. The molecule has 0 amide bonds. The van der Waals surface area contributed by atoms with Crippen molar-refractivity contribution in [2.24, 2.45) is 0 Å². The first-order valence-electron chi connectivity index (χ1n) is 6.89. The zero-order valence-corrected chi connectivity index (χ0v) is 14.7. The van der Waals surface area contributed by atoms with Crippen molar-refractivity contribution < 1.29 is 4.74 Å². The number of halogens is 2. The Morgan fingerprint density at radius 1 is 1.29 bits per heavy atom. The Morgan fingerprint density at radius 3 is 2.62 bits per heavy atom. The molecule has 0 radical (unpaired) electrons. The minimum atomic E-state index is 0.0369. The third-order valence-electron chi connectivity index (χ3n) is 3.26. The Morgan fingerprint density at radius 2 is 2.05 bits per heavy atom. The Bertz CT molecular complexity index is 593. The largest absolute Gasteiger partial charge is 0.496 e. The van der Waals surface area contributed by atoms with Gasteiger partial charge in [-0.2, -0.15) is 0 Å². The lowest BCUT2D eigenvalue weighted by Gasteiger charge is -2.20. The number of hydrogen-bond acceptors (Lipinski definition) is 3. The maximum Gasteiger partial charge on any atom is 0.124 e. The van der Waals surface area contributed by atoms with Crippen LogP contribution in [0.15, 0.2) is 24.3 Å². The van der Waals surface area contributed by atoms with Crippen molar-refractivity contribution >= 4 is 34.5 Å². The highest BCUT2D eigenvalue weighted by Gasteiger charge is 2.21. The molecular formula is C16H19Cl2NOS. The molecule has 1 atom stereocenters. The molecule has 1 heterocycles. The van der Waals surface area contributed by atoms with Crippen LogP contribution < -0.4 is 10.1 Å². The van der Waals surface area contributed by atoms with Crippen molar-refractivity contribution in [2.45, 2.75) is 26.3 Å². The number of thiophene rings is 1. The summed E-state index contributed by atoms with van der Waals surface area (Å²) in [4.78, 5) is 1.17. The van der Waals surface area contributed by atoms with Gasteiger partial charge < -0.3 is 10.1 Å². The highest BCUT2D eigenvalue weighted by atomic mass is 35.5. The Hall–Kier alpha value is -0.740. The van der Waals surface area contributed by atoms with Gasteiger partial charge in [-0.15, -0.1) is 11.3 Å². The molecule has 0 saturated heterocycles. The van der Waals surface area contributed by atoms with Gasteiger partial charge in [0.15, 0.2) is 0 Å². The molecule has 0 bridgehead atoms. The van der Waals surface area contributed by atoms with Crippen LogP contribution in [0, 0.1) is 6.92 Å². The second-order valence-electron chi connectivity index (χ2n) is 4.88. The number of ether oxygens (including phenoxy) is 1. The van der Waals surface area contributed by atoms with Crippen molar-refractivity contribution in [1.82, 2.24) is 5.32 Å². The summed E-state index contributed by atoms with van der Waals surface area (Å²) in [7, 11) is 1.68. The topological polar surface area (TPSA) is 21.3 Å². The predicted octanol–water partition coefficient (Wildman–Crippen LogP) is 5.46. The lowest BCUT2D eigenvalue weighted by molar-refractivity contribution is 0.404. The average molecular weight is 344 g/mol. The minimum Gasteiger partial charge on any atom is -0.496 e. The fraction of sp³-hybridized carbons (Fsp3) is 0.375. The van der Waals surface area contributed by atoms with E-state index in [2.05, 4.69) is 18.3 Å². The first-order valence-corrected chi connectivity index (χ1v) is 8.46. The molecule has 1 unspecified atom stereocenters. The zero-order valence-electron chi connectivity index (χ0n) is 12.4. The number of benzene rings is 1. The molecule has 21 heavy (non-hydrogen) atoms. The van der Waals surface area contributed by atoms with Crippen LogP contribution in [0.4, 0.5) is 0 Å². The third-order valence-corrected chi connectivity index (χ3v) is 5.12. The van der Waals surface area contributed by atoms with E-state index in [4.69, 9.17) is 27.9 Å². The number of rotatable bonds is 6. The molecule has 5 heteroatoms. The third kappa shape index (κ3) is 3.92. The highest BCUT2D eigenvalue weighted by Crippen LogP contribution is 2.38. The maximum absolute atomic E-state index is 6.23. The highest BCUT2D eigenvalue weighted by molar-refractivity contribution is 7.16. The van der Waals surface area contributed by atoms with Gasteiger partial charge in [-0.1, -0.05) is 30.1 Å². The predicted molar refractivity (Wildman–Crippen MR) is 92.2 cm³/mol. The van der Waals surface area contributed by atoms with Gasteiger partial charge in [0.2, 0.25) is 0 Å². The van der Waals surface area contributed by atoms with Crippen LogP contribution in [0.1, 0.15) is 35.4 Å². The quantitative estimate of drug-likeness (QED) is 0.751. The molecule has 1 aromatic carbocycles. The van der Waals surface area contributed by atoms with Crippen LogP contribution >= 0.6 is 34.5 Å². The minimum absolute atomic E-state index is 0.0369. The summed E-state index contributed by atoms with van der Waals surface area (Å²) in [5.41, 5.74) is 2.14.